The third-order valence-corrected chi connectivity index (χ3v) is 3.39. The van der Waals surface area contributed by atoms with E-state index < -0.39 is 0 Å². The summed E-state index contributed by atoms with van der Waals surface area (Å²) in [5.74, 6) is 0.0271. The summed E-state index contributed by atoms with van der Waals surface area (Å²) < 4.78 is 0. The van der Waals surface area contributed by atoms with Gasteiger partial charge in [-0.3, -0.25) is 4.79 Å². The minimum absolute atomic E-state index is 0.00553. The van der Waals surface area contributed by atoms with Crippen LogP contribution in [0.3, 0.4) is 0 Å². The second-order valence-corrected chi connectivity index (χ2v) is 5.09. The van der Waals surface area contributed by atoms with Gasteiger partial charge in [0.15, 0.2) is 0 Å². The highest BCUT2D eigenvalue weighted by atomic mass is 16.2. The Morgan fingerprint density at radius 2 is 1.79 bits per heavy atom. The van der Waals surface area contributed by atoms with Gasteiger partial charge >= 0.3 is 0 Å². The quantitative estimate of drug-likeness (QED) is 0.423. The van der Waals surface area contributed by atoms with Crippen molar-refractivity contribution in [2.45, 2.75) is 77.3 Å². The zero-order chi connectivity index (χ0) is 14.5. The molecule has 19 heavy (non-hydrogen) atoms. The van der Waals surface area contributed by atoms with Crippen LogP contribution in [0, 0.1) is 0 Å². The number of hydrogen-bond acceptors (Lipinski definition) is 3. The highest BCUT2D eigenvalue weighted by Gasteiger charge is 2.19. The van der Waals surface area contributed by atoms with Gasteiger partial charge in [-0.2, -0.15) is 0 Å². The van der Waals surface area contributed by atoms with Crippen LogP contribution in [0.5, 0.6) is 0 Å². The van der Waals surface area contributed by atoms with Crippen molar-refractivity contribution < 1.29 is 9.59 Å². The molecule has 2 atom stereocenters. The van der Waals surface area contributed by atoms with Gasteiger partial charge in [0, 0.05) is 12.5 Å². The number of aldehydes is 1. The average Bonchev–Trinajstić information content (AvgIpc) is 2.40. The van der Waals surface area contributed by atoms with Crippen molar-refractivity contribution in [3.8, 4) is 0 Å². The van der Waals surface area contributed by atoms with E-state index in [4.69, 9.17) is 0 Å². The van der Waals surface area contributed by atoms with Gasteiger partial charge in [0.25, 0.3) is 0 Å². The summed E-state index contributed by atoms with van der Waals surface area (Å²) in [4.78, 5) is 22.8. The van der Waals surface area contributed by atoms with Crippen LogP contribution in [-0.2, 0) is 9.59 Å². The van der Waals surface area contributed by atoms with E-state index in [0.717, 1.165) is 51.2 Å². The Hall–Kier alpha value is -0.900. The van der Waals surface area contributed by atoms with E-state index in [2.05, 4.69) is 24.5 Å². The predicted octanol–water partition coefficient (Wildman–Crippen LogP) is 2.42. The van der Waals surface area contributed by atoms with Crippen LogP contribution >= 0.6 is 0 Å². The van der Waals surface area contributed by atoms with Crippen molar-refractivity contribution in [3.63, 3.8) is 0 Å². The molecule has 0 fully saturated rings. The first kappa shape index (κ1) is 18.1. The highest BCUT2D eigenvalue weighted by molar-refractivity contribution is 5.82. The number of unbranched alkanes of at least 4 members (excludes halogenated alkanes) is 3. The number of carbonyl (C=O) groups is 2. The average molecular weight is 270 g/mol. The number of amides is 1. The SMILES string of the molecule is CCCCCC(CC=O)NC(=O)C(CCCC)NC. The molecule has 0 aromatic carbocycles. The van der Waals surface area contributed by atoms with Crippen LogP contribution in [-0.4, -0.2) is 31.3 Å². The number of hydrogen-bond donors (Lipinski definition) is 2. The summed E-state index contributed by atoms with van der Waals surface area (Å²) in [5.41, 5.74) is 0. The lowest BCUT2D eigenvalue weighted by molar-refractivity contribution is -0.124. The molecule has 0 aliphatic heterocycles. The van der Waals surface area contributed by atoms with E-state index in [-0.39, 0.29) is 18.0 Å². The molecule has 2 N–H and O–H groups in total. The topological polar surface area (TPSA) is 58.2 Å². The molecule has 0 aromatic rings. The molecule has 0 aromatic heterocycles. The molecule has 0 aliphatic rings. The number of rotatable bonds is 12. The van der Waals surface area contributed by atoms with Crippen molar-refractivity contribution in [1.29, 1.82) is 0 Å². The number of likely N-dealkylation sites (N-methyl/N-ethyl adjacent to an activating group) is 1. The second kappa shape index (κ2) is 12.2. The molecule has 0 saturated carbocycles. The molecular weight excluding hydrogens is 240 g/mol. The Bertz CT molecular complexity index is 244. The van der Waals surface area contributed by atoms with E-state index in [9.17, 15) is 9.59 Å². The summed E-state index contributed by atoms with van der Waals surface area (Å²) in [5, 5.41) is 6.06. The summed E-state index contributed by atoms with van der Waals surface area (Å²) in [6, 6.07) is -0.144. The molecule has 2 unspecified atom stereocenters. The first-order chi connectivity index (χ1) is 9.19. The maximum Gasteiger partial charge on any atom is 0.237 e. The molecule has 4 nitrogen and oxygen atoms in total. The zero-order valence-electron chi connectivity index (χ0n) is 12.7. The second-order valence-electron chi connectivity index (χ2n) is 5.09. The Labute approximate surface area is 117 Å². The Morgan fingerprint density at radius 3 is 2.32 bits per heavy atom. The third kappa shape index (κ3) is 8.76. The fraction of sp³-hybridized carbons (Fsp3) is 0.867. The smallest absolute Gasteiger partial charge is 0.237 e. The fourth-order valence-electron chi connectivity index (χ4n) is 2.12. The van der Waals surface area contributed by atoms with Crippen molar-refractivity contribution in [1.82, 2.24) is 10.6 Å². The minimum atomic E-state index is -0.139. The lowest BCUT2D eigenvalue weighted by Gasteiger charge is -2.21. The zero-order valence-corrected chi connectivity index (χ0v) is 12.7. The van der Waals surface area contributed by atoms with Gasteiger partial charge in [-0.05, 0) is 19.9 Å². The van der Waals surface area contributed by atoms with Crippen molar-refractivity contribution in [2.24, 2.45) is 0 Å². The normalized spacial score (nSPS) is 13.8. The molecule has 0 heterocycles. The van der Waals surface area contributed by atoms with Gasteiger partial charge < -0.3 is 15.4 Å². The molecule has 0 aliphatic carbocycles. The molecule has 1 amide bonds. The minimum Gasteiger partial charge on any atom is -0.352 e. The van der Waals surface area contributed by atoms with Gasteiger partial charge in [0.05, 0.1) is 6.04 Å². The van der Waals surface area contributed by atoms with Crippen LogP contribution in [0.15, 0.2) is 0 Å². The largest absolute Gasteiger partial charge is 0.352 e. The van der Waals surface area contributed by atoms with Crippen LogP contribution in [0.2, 0.25) is 0 Å². The highest BCUT2D eigenvalue weighted by Crippen LogP contribution is 2.07. The summed E-state index contributed by atoms with van der Waals surface area (Å²) in [7, 11) is 1.81. The lowest BCUT2D eigenvalue weighted by Crippen LogP contribution is -2.46. The third-order valence-electron chi connectivity index (χ3n) is 3.39. The maximum atomic E-state index is 12.1. The van der Waals surface area contributed by atoms with E-state index in [1.54, 1.807) is 0 Å². The van der Waals surface area contributed by atoms with Gasteiger partial charge in [0.1, 0.15) is 6.29 Å². The molecule has 0 bridgehead atoms. The predicted molar refractivity (Wildman–Crippen MR) is 79.1 cm³/mol. The van der Waals surface area contributed by atoms with Crippen LogP contribution in [0.4, 0.5) is 0 Å². The monoisotopic (exact) mass is 270 g/mol. The first-order valence-electron chi connectivity index (χ1n) is 7.60. The molecule has 112 valence electrons. The Morgan fingerprint density at radius 1 is 1.11 bits per heavy atom. The van der Waals surface area contributed by atoms with Crippen molar-refractivity contribution >= 4 is 12.2 Å². The van der Waals surface area contributed by atoms with Gasteiger partial charge in [-0.15, -0.1) is 0 Å². The fourth-order valence-corrected chi connectivity index (χ4v) is 2.12. The van der Waals surface area contributed by atoms with Gasteiger partial charge in [0.2, 0.25) is 5.91 Å². The van der Waals surface area contributed by atoms with Gasteiger partial charge in [-0.1, -0.05) is 46.0 Å². The van der Waals surface area contributed by atoms with E-state index in [1.807, 2.05) is 7.05 Å². The number of nitrogens with one attached hydrogen (secondary N) is 2. The van der Waals surface area contributed by atoms with Crippen LogP contribution in [0.25, 0.3) is 0 Å². The van der Waals surface area contributed by atoms with E-state index in [0.29, 0.717) is 6.42 Å². The first-order valence-corrected chi connectivity index (χ1v) is 7.60. The molecule has 0 spiro atoms. The van der Waals surface area contributed by atoms with Crippen molar-refractivity contribution in [2.75, 3.05) is 7.05 Å². The maximum absolute atomic E-state index is 12.1. The Kier molecular flexibility index (Phi) is 11.6. The van der Waals surface area contributed by atoms with E-state index in [1.165, 1.54) is 0 Å². The summed E-state index contributed by atoms with van der Waals surface area (Å²) in [6.45, 7) is 4.26. The van der Waals surface area contributed by atoms with Crippen LogP contribution < -0.4 is 10.6 Å². The van der Waals surface area contributed by atoms with Crippen molar-refractivity contribution in [3.05, 3.63) is 0 Å². The molecule has 0 rings (SSSR count). The standard InChI is InChI=1S/C15H30N2O2/c1-4-6-8-9-13(11-12-18)17-15(19)14(16-3)10-7-5-2/h12-14,16H,4-11H2,1-3H3,(H,17,19). The van der Waals surface area contributed by atoms with E-state index >= 15 is 0 Å². The molecule has 0 radical (unpaired) electrons. The summed E-state index contributed by atoms with van der Waals surface area (Å²) in [6.07, 6.45) is 8.54. The molecule has 4 heteroatoms. The molecule has 0 saturated heterocycles. The van der Waals surface area contributed by atoms with Crippen LogP contribution in [0.1, 0.15) is 65.2 Å². The number of carbonyl (C=O) groups excluding carboxylic acids is 2. The van der Waals surface area contributed by atoms with Gasteiger partial charge in [-0.25, -0.2) is 0 Å². The Balaban J connectivity index is 4.21. The summed E-state index contributed by atoms with van der Waals surface area (Å²) >= 11 is 0. The lowest BCUT2D eigenvalue weighted by atomic mass is 10.0. The molecular formula is C15H30N2O2.